The largest absolute Gasteiger partial charge is 0.481 e. The molecule has 2 amide bonds. The number of ether oxygens (including phenoxy) is 1. The van der Waals surface area contributed by atoms with Crippen LogP contribution >= 0.6 is 0 Å². The van der Waals surface area contributed by atoms with Gasteiger partial charge in [-0.05, 0) is 13.8 Å². The second kappa shape index (κ2) is 5.75. The van der Waals surface area contributed by atoms with E-state index >= 15 is 0 Å². The molecular formula is C12H22N2O5. The monoisotopic (exact) mass is 274 g/mol. The van der Waals surface area contributed by atoms with Gasteiger partial charge in [0.15, 0.2) is 0 Å². The first-order valence-corrected chi connectivity index (χ1v) is 6.14. The highest BCUT2D eigenvalue weighted by Gasteiger charge is 2.40. The molecule has 7 nitrogen and oxygen atoms in total. The molecule has 1 aliphatic heterocycles. The Bertz CT molecular complexity index is 358. The maximum Gasteiger partial charge on any atom is 0.320 e. The van der Waals surface area contributed by atoms with Gasteiger partial charge in [0.05, 0.1) is 31.4 Å². The van der Waals surface area contributed by atoms with Crippen LogP contribution in [0.5, 0.6) is 0 Å². The van der Waals surface area contributed by atoms with E-state index in [-0.39, 0.29) is 25.9 Å². The molecule has 19 heavy (non-hydrogen) atoms. The minimum atomic E-state index is -0.966. The van der Waals surface area contributed by atoms with Gasteiger partial charge >= 0.3 is 12.0 Å². The molecule has 0 aliphatic carbocycles. The number of nitrogens with zero attached hydrogens (tertiary/aromatic N) is 2. The van der Waals surface area contributed by atoms with Gasteiger partial charge in [-0.2, -0.15) is 0 Å². The van der Waals surface area contributed by atoms with Gasteiger partial charge in [-0.1, -0.05) is 0 Å². The van der Waals surface area contributed by atoms with Gasteiger partial charge < -0.3 is 24.7 Å². The summed E-state index contributed by atoms with van der Waals surface area (Å²) in [5.74, 6) is -1.68. The van der Waals surface area contributed by atoms with Crippen molar-refractivity contribution < 1.29 is 24.5 Å². The number of hydrogen-bond acceptors (Lipinski definition) is 4. The van der Waals surface area contributed by atoms with E-state index in [9.17, 15) is 14.7 Å². The van der Waals surface area contributed by atoms with E-state index in [2.05, 4.69) is 0 Å². The molecule has 0 bridgehead atoms. The number of urea groups is 1. The third kappa shape index (κ3) is 3.16. The Morgan fingerprint density at radius 1 is 1.32 bits per heavy atom. The van der Waals surface area contributed by atoms with Gasteiger partial charge in [0.25, 0.3) is 0 Å². The minimum Gasteiger partial charge on any atom is -0.481 e. The highest BCUT2D eigenvalue weighted by molar-refractivity contribution is 5.77. The molecule has 0 radical (unpaired) electrons. The first kappa shape index (κ1) is 15.7. The third-order valence-corrected chi connectivity index (χ3v) is 3.75. The zero-order valence-electron chi connectivity index (χ0n) is 11.8. The van der Waals surface area contributed by atoms with E-state index in [1.165, 1.54) is 9.80 Å². The Kier molecular flexibility index (Phi) is 4.75. The molecule has 2 unspecified atom stereocenters. The second-order valence-corrected chi connectivity index (χ2v) is 5.47. The number of rotatable bonds is 4. The maximum absolute atomic E-state index is 12.3. The zero-order chi connectivity index (χ0) is 14.8. The Balaban J connectivity index is 2.79. The van der Waals surface area contributed by atoms with E-state index in [4.69, 9.17) is 9.84 Å². The topological polar surface area (TPSA) is 90.3 Å². The average molecular weight is 274 g/mol. The smallest absolute Gasteiger partial charge is 0.320 e. The lowest BCUT2D eigenvalue weighted by molar-refractivity contribution is -0.142. The van der Waals surface area contributed by atoms with Gasteiger partial charge in [0.2, 0.25) is 0 Å². The number of carbonyl (C=O) groups excluding carboxylic acids is 1. The fourth-order valence-electron chi connectivity index (χ4n) is 1.90. The second-order valence-electron chi connectivity index (χ2n) is 5.47. The number of aliphatic hydroxyl groups excluding tert-OH is 1. The van der Waals surface area contributed by atoms with Crippen LogP contribution in [0.15, 0.2) is 0 Å². The number of carboxylic acids is 1. The van der Waals surface area contributed by atoms with Crippen molar-refractivity contribution >= 4 is 12.0 Å². The molecule has 0 spiro atoms. The van der Waals surface area contributed by atoms with Gasteiger partial charge in [0, 0.05) is 14.1 Å². The quantitative estimate of drug-likeness (QED) is 0.743. The van der Waals surface area contributed by atoms with E-state index < -0.39 is 23.5 Å². The molecule has 1 fully saturated rings. The van der Waals surface area contributed by atoms with Crippen molar-refractivity contribution in [2.24, 2.45) is 5.92 Å². The van der Waals surface area contributed by atoms with Crippen molar-refractivity contribution in [3.8, 4) is 0 Å². The van der Waals surface area contributed by atoms with E-state index in [0.717, 1.165) is 0 Å². The normalized spacial score (nSPS) is 23.2. The molecule has 0 aromatic carbocycles. The molecule has 0 aromatic rings. The number of amides is 2. The van der Waals surface area contributed by atoms with Crippen LogP contribution in [-0.2, 0) is 9.53 Å². The lowest BCUT2D eigenvalue weighted by Gasteiger charge is -2.38. The fraction of sp³-hybridized carbons (Fsp3) is 0.833. The highest BCUT2D eigenvalue weighted by atomic mass is 16.5. The van der Waals surface area contributed by atoms with E-state index in [1.54, 1.807) is 27.9 Å². The van der Waals surface area contributed by atoms with Crippen molar-refractivity contribution in [3.05, 3.63) is 0 Å². The Morgan fingerprint density at radius 2 is 1.89 bits per heavy atom. The van der Waals surface area contributed by atoms with Crippen molar-refractivity contribution in [2.45, 2.75) is 25.4 Å². The molecule has 110 valence electrons. The predicted octanol–water partition coefficient (Wildman–Crippen LogP) is -0.159. The van der Waals surface area contributed by atoms with Crippen molar-refractivity contribution in [2.75, 3.05) is 33.9 Å². The first-order valence-electron chi connectivity index (χ1n) is 6.14. The lowest BCUT2D eigenvalue weighted by Crippen LogP contribution is -2.55. The minimum absolute atomic E-state index is 0.116. The molecule has 7 heteroatoms. The number of carbonyl (C=O) groups is 2. The number of carboxylic acid groups (broad SMARTS) is 1. The molecule has 1 aliphatic rings. The summed E-state index contributed by atoms with van der Waals surface area (Å²) in [5.41, 5.74) is -0.705. The summed E-state index contributed by atoms with van der Waals surface area (Å²) in [5, 5.41) is 18.4. The lowest BCUT2D eigenvalue weighted by atomic mass is 10.0. The number of aliphatic hydroxyl groups is 1. The average Bonchev–Trinajstić information content (AvgIpc) is 2.85. The van der Waals surface area contributed by atoms with Crippen LogP contribution in [0.2, 0.25) is 0 Å². The summed E-state index contributed by atoms with van der Waals surface area (Å²) in [7, 11) is 3.14. The summed E-state index contributed by atoms with van der Waals surface area (Å²) in [6, 6.07) is -0.817. The van der Waals surface area contributed by atoms with E-state index in [1.807, 2.05) is 0 Å². The third-order valence-electron chi connectivity index (χ3n) is 3.75. The highest BCUT2D eigenvalue weighted by Crippen LogP contribution is 2.22. The number of hydrogen-bond donors (Lipinski definition) is 2. The number of likely N-dealkylation sites (N-methyl/N-ethyl adjacent to an activating group) is 2. The molecule has 2 atom stereocenters. The SMILES string of the molecule is CN(C(=O)N(C)C(C)(C)CO)C1COCC1C(=O)O. The van der Waals surface area contributed by atoms with Gasteiger partial charge in [0.1, 0.15) is 5.92 Å². The molecule has 0 saturated carbocycles. The Morgan fingerprint density at radius 3 is 2.37 bits per heavy atom. The van der Waals surface area contributed by atoms with Crippen LogP contribution in [0.4, 0.5) is 4.79 Å². The fourth-order valence-corrected chi connectivity index (χ4v) is 1.90. The summed E-state index contributed by atoms with van der Waals surface area (Å²) in [6.45, 7) is 3.63. The first-order chi connectivity index (χ1) is 8.72. The van der Waals surface area contributed by atoms with E-state index in [0.29, 0.717) is 0 Å². The van der Waals surface area contributed by atoms with Crippen molar-refractivity contribution in [3.63, 3.8) is 0 Å². The molecule has 2 N–H and O–H groups in total. The number of aliphatic carboxylic acids is 1. The van der Waals surface area contributed by atoms with Crippen LogP contribution in [0.1, 0.15) is 13.8 Å². The zero-order valence-corrected chi connectivity index (χ0v) is 11.8. The molecule has 0 aromatic heterocycles. The standard InChI is InChI=1S/C12H22N2O5/c1-12(2,7-15)14(4)11(18)13(3)9-6-19-5-8(9)10(16)17/h8-9,15H,5-7H2,1-4H3,(H,16,17). The van der Waals surface area contributed by atoms with Gasteiger partial charge in [-0.3, -0.25) is 4.79 Å². The predicted molar refractivity (Wildman–Crippen MR) is 67.8 cm³/mol. The van der Waals surface area contributed by atoms with Gasteiger partial charge in [-0.15, -0.1) is 0 Å². The molecular weight excluding hydrogens is 252 g/mol. The van der Waals surface area contributed by atoms with Crippen LogP contribution < -0.4 is 0 Å². The molecule has 1 saturated heterocycles. The summed E-state index contributed by atoms with van der Waals surface area (Å²) < 4.78 is 5.15. The summed E-state index contributed by atoms with van der Waals surface area (Å²) in [4.78, 5) is 26.2. The van der Waals surface area contributed by atoms with Crippen LogP contribution in [0, 0.1) is 5.92 Å². The van der Waals surface area contributed by atoms with Crippen molar-refractivity contribution in [1.29, 1.82) is 0 Å². The Hall–Kier alpha value is -1.34. The Labute approximate surface area is 112 Å². The van der Waals surface area contributed by atoms with Crippen LogP contribution in [-0.4, -0.2) is 77.5 Å². The summed E-state index contributed by atoms with van der Waals surface area (Å²) in [6.07, 6.45) is 0. The van der Waals surface area contributed by atoms with Crippen LogP contribution in [0.25, 0.3) is 0 Å². The molecule has 1 heterocycles. The maximum atomic E-state index is 12.3. The summed E-state index contributed by atoms with van der Waals surface area (Å²) >= 11 is 0. The van der Waals surface area contributed by atoms with Crippen molar-refractivity contribution in [1.82, 2.24) is 9.80 Å². The molecule has 1 rings (SSSR count). The van der Waals surface area contributed by atoms with Gasteiger partial charge in [-0.25, -0.2) is 4.79 Å². The van der Waals surface area contributed by atoms with Crippen LogP contribution in [0.3, 0.4) is 0 Å².